The Bertz CT molecular complexity index is 319. The molecule has 2 nitrogen and oxygen atoms in total. The second-order valence-electron chi connectivity index (χ2n) is 2.73. The predicted octanol–water partition coefficient (Wildman–Crippen LogP) is 2.68. The van der Waals surface area contributed by atoms with E-state index in [9.17, 15) is 5.11 Å². The van der Waals surface area contributed by atoms with Crippen molar-refractivity contribution in [2.45, 2.75) is 18.9 Å². The molecule has 0 radical (unpaired) electrons. The molecule has 13 heavy (non-hydrogen) atoms. The molecule has 68 valence electrons. The first-order valence-electron chi connectivity index (χ1n) is 4.05. The Hall–Kier alpha value is -1.04. The summed E-state index contributed by atoms with van der Waals surface area (Å²) < 4.78 is 0. The lowest BCUT2D eigenvalue weighted by Gasteiger charge is -2.09. The summed E-state index contributed by atoms with van der Waals surface area (Å²) in [7, 11) is 0. The van der Waals surface area contributed by atoms with Crippen molar-refractivity contribution in [3.05, 3.63) is 34.9 Å². The van der Waals surface area contributed by atoms with E-state index in [1.807, 2.05) is 18.2 Å². The van der Waals surface area contributed by atoms with Crippen LogP contribution in [-0.2, 0) is 0 Å². The molecule has 0 saturated carbocycles. The molecule has 0 fully saturated rings. The van der Waals surface area contributed by atoms with Gasteiger partial charge in [0.25, 0.3) is 0 Å². The number of hydrogen-bond donors (Lipinski definition) is 1. The molecular weight excluding hydrogens is 186 g/mol. The number of rotatable bonds is 3. The summed E-state index contributed by atoms with van der Waals surface area (Å²) in [6, 6.07) is 9.11. The fourth-order valence-electron chi connectivity index (χ4n) is 1.10. The van der Waals surface area contributed by atoms with Crippen LogP contribution < -0.4 is 0 Å². The van der Waals surface area contributed by atoms with Gasteiger partial charge in [-0.1, -0.05) is 29.8 Å². The van der Waals surface area contributed by atoms with Crippen LogP contribution in [0.4, 0.5) is 0 Å². The van der Waals surface area contributed by atoms with E-state index in [2.05, 4.69) is 0 Å². The van der Waals surface area contributed by atoms with E-state index >= 15 is 0 Å². The van der Waals surface area contributed by atoms with Crippen molar-refractivity contribution in [1.82, 2.24) is 0 Å². The molecular formula is C10H10ClNO. The van der Waals surface area contributed by atoms with Gasteiger partial charge in [-0.05, 0) is 18.1 Å². The zero-order chi connectivity index (χ0) is 9.68. The van der Waals surface area contributed by atoms with Crippen molar-refractivity contribution < 1.29 is 5.11 Å². The van der Waals surface area contributed by atoms with Gasteiger partial charge in [-0.15, -0.1) is 0 Å². The quantitative estimate of drug-likeness (QED) is 0.806. The lowest BCUT2D eigenvalue weighted by atomic mass is 10.1. The first-order chi connectivity index (χ1) is 6.25. The Balaban J connectivity index is 2.72. The van der Waals surface area contributed by atoms with Crippen LogP contribution in [0.3, 0.4) is 0 Å². The molecule has 1 unspecified atom stereocenters. The largest absolute Gasteiger partial charge is 0.388 e. The fourth-order valence-corrected chi connectivity index (χ4v) is 1.36. The van der Waals surface area contributed by atoms with Gasteiger partial charge in [0.15, 0.2) is 0 Å². The third kappa shape index (κ3) is 2.73. The number of hydrogen-bond acceptors (Lipinski definition) is 2. The molecule has 0 aliphatic rings. The highest BCUT2D eigenvalue weighted by Crippen LogP contribution is 2.25. The molecule has 0 bridgehead atoms. The number of nitriles is 1. The van der Waals surface area contributed by atoms with E-state index in [1.54, 1.807) is 12.1 Å². The van der Waals surface area contributed by atoms with Gasteiger partial charge >= 0.3 is 0 Å². The van der Waals surface area contributed by atoms with Crippen LogP contribution in [-0.4, -0.2) is 5.11 Å². The monoisotopic (exact) mass is 195 g/mol. The number of nitrogens with zero attached hydrogens (tertiary/aromatic N) is 1. The van der Waals surface area contributed by atoms with Crippen LogP contribution in [0.25, 0.3) is 0 Å². The number of halogens is 1. The van der Waals surface area contributed by atoms with Crippen LogP contribution in [0.15, 0.2) is 24.3 Å². The highest BCUT2D eigenvalue weighted by molar-refractivity contribution is 6.31. The lowest BCUT2D eigenvalue weighted by Crippen LogP contribution is -1.97. The van der Waals surface area contributed by atoms with Gasteiger partial charge in [-0.2, -0.15) is 5.26 Å². The smallest absolute Gasteiger partial charge is 0.0814 e. The van der Waals surface area contributed by atoms with Gasteiger partial charge < -0.3 is 5.11 Å². The molecule has 0 aromatic heterocycles. The van der Waals surface area contributed by atoms with Crippen LogP contribution in [0.2, 0.25) is 5.02 Å². The molecule has 0 heterocycles. The Morgan fingerprint density at radius 1 is 1.46 bits per heavy atom. The van der Waals surface area contributed by atoms with E-state index in [4.69, 9.17) is 16.9 Å². The van der Waals surface area contributed by atoms with Crippen molar-refractivity contribution in [2.75, 3.05) is 0 Å². The van der Waals surface area contributed by atoms with E-state index in [1.165, 1.54) is 0 Å². The van der Waals surface area contributed by atoms with Crippen molar-refractivity contribution in [3.8, 4) is 6.07 Å². The van der Waals surface area contributed by atoms with Crippen molar-refractivity contribution in [3.63, 3.8) is 0 Å². The summed E-state index contributed by atoms with van der Waals surface area (Å²) in [4.78, 5) is 0. The highest BCUT2D eigenvalue weighted by atomic mass is 35.5. The first kappa shape index (κ1) is 10.0. The van der Waals surface area contributed by atoms with E-state index in [-0.39, 0.29) is 0 Å². The molecule has 0 spiro atoms. The van der Waals surface area contributed by atoms with E-state index in [0.29, 0.717) is 23.4 Å². The first-order valence-corrected chi connectivity index (χ1v) is 4.43. The van der Waals surface area contributed by atoms with Crippen molar-refractivity contribution >= 4 is 11.6 Å². The zero-order valence-corrected chi connectivity index (χ0v) is 7.83. The third-order valence-corrected chi connectivity index (χ3v) is 2.14. The van der Waals surface area contributed by atoms with Crippen LogP contribution in [0.5, 0.6) is 0 Å². The van der Waals surface area contributed by atoms with E-state index in [0.717, 1.165) is 0 Å². The van der Waals surface area contributed by atoms with Crippen molar-refractivity contribution in [2.24, 2.45) is 0 Å². The molecule has 0 aliphatic heterocycles. The third-order valence-electron chi connectivity index (χ3n) is 1.79. The molecule has 0 saturated heterocycles. The maximum absolute atomic E-state index is 9.60. The van der Waals surface area contributed by atoms with Gasteiger partial charge in [0, 0.05) is 11.4 Å². The number of aliphatic hydroxyl groups excluding tert-OH is 1. The minimum atomic E-state index is -0.631. The summed E-state index contributed by atoms with van der Waals surface area (Å²) in [6.45, 7) is 0. The summed E-state index contributed by atoms with van der Waals surface area (Å²) in [6.07, 6.45) is 0.139. The maximum Gasteiger partial charge on any atom is 0.0814 e. The minimum absolute atomic E-state index is 0.340. The number of aliphatic hydroxyl groups is 1. The van der Waals surface area contributed by atoms with Gasteiger partial charge in [0.1, 0.15) is 0 Å². The van der Waals surface area contributed by atoms with Gasteiger partial charge in [0.2, 0.25) is 0 Å². The zero-order valence-electron chi connectivity index (χ0n) is 7.07. The maximum atomic E-state index is 9.60. The summed E-state index contributed by atoms with van der Waals surface area (Å²) in [5.74, 6) is 0. The number of benzene rings is 1. The van der Waals surface area contributed by atoms with Gasteiger partial charge in [0.05, 0.1) is 12.2 Å². The summed E-state index contributed by atoms with van der Waals surface area (Å²) >= 11 is 5.86. The SMILES string of the molecule is N#CCCC(O)c1ccccc1Cl. The molecule has 0 amide bonds. The Morgan fingerprint density at radius 2 is 2.15 bits per heavy atom. The molecule has 3 heteroatoms. The Labute approximate surface area is 82.4 Å². The summed E-state index contributed by atoms with van der Waals surface area (Å²) in [5.41, 5.74) is 0.694. The second-order valence-corrected chi connectivity index (χ2v) is 3.14. The molecule has 1 rings (SSSR count). The molecule has 0 aliphatic carbocycles. The average Bonchev–Trinajstić information content (AvgIpc) is 2.15. The second kappa shape index (κ2) is 4.86. The average molecular weight is 196 g/mol. The molecule has 1 N–H and O–H groups in total. The molecule has 1 aromatic rings. The van der Waals surface area contributed by atoms with E-state index < -0.39 is 6.10 Å². The topological polar surface area (TPSA) is 44.0 Å². The Kier molecular flexibility index (Phi) is 3.75. The van der Waals surface area contributed by atoms with Crippen molar-refractivity contribution in [1.29, 1.82) is 5.26 Å². The van der Waals surface area contributed by atoms with Crippen LogP contribution >= 0.6 is 11.6 Å². The highest BCUT2D eigenvalue weighted by Gasteiger charge is 2.09. The van der Waals surface area contributed by atoms with Crippen LogP contribution in [0.1, 0.15) is 24.5 Å². The molecule has 1 aromatic carbocycles. The Morgan fingerprint density at radius 3 is 2.77 bits per heavy atom. The fraction of sp³-hybridized carbons (Fsp3) is 0.300. The van der Waals surface area contributed by atoms with Gasteiger partial charge in [-0.25, -0.2) is 0 Å². The predicted molar refractivity (Wildman–Crippen MR) is 51.3 cm³/mol. The normalized spacial score (nSPS) is 12.1. The minimum Gasteiger partial charge on any atom is -0.388 e. The van der Waals surface area contributed by atoms with Crippen LogP contribution in [0, 0.1) is 11.3 Å². The van der Waals surface area contributed by atoms with Gasteiger partial charge in [-0.3, -0.25) is 0 Å². The lowest BCUT2D eigenvalue weighted by molar-refractivity contribution is 0.169. The molecule has 1 atom stereocenters. The standard InChI is InChI=1S/C10H10ClNO/c11-9-5-2-1-4-8(9)10(13)6-3-7-12/h1-2,4-5,10,13H,3,6H2. The summed E-state index contributed by atoms with van der Waals surface area (Å²) in [5, 5.41) is 18.5.